The van der Waals surface area contributed by atoms with E-state index in [1.165, 1.54) is 4.90 Å². The number of likely N-dealkylation sites (tertiary alicyclic amines) is 1. The van der Waals surface area contributed by atoms with Crippen LogP contribution in [0, 0.1) is 11.3 Å². The summed E-state index contributed by atoms with van der Waals surface area (Å²) in [5, 5.41) is 10.2. The molecule has 6 rings (SSSR count). The summed E-state index contributed by atoms with van der Waals surface area (Å²) in [6.07, 6.45) is -5.40. The predicted molar refractivity (Wildman–Crippen MR) is 145 cm³/mol. The summed E-state index contributed by atoms with van der Waals surface area (Å²) in [6.45, 7) is -1.90. The molecule has 2 aromatic rings. The molecule has 2 atom stereocenters. The van der Waals surface area contributed by atoms with Gasteiger partial charge in [0.05, 0.1) is 26.7 Å². The second kappa shape index (κ2) is 10.6. The van der Waals surface area contributed by atoms with Crippen molar-refractivity contribution in [1.29, 1.82) is 5.26 Å². The molecule has 4 aliphatic rings. The molecule has 0 aromatic heterocycles. The normalized spacial score (nSPS) is 22.6. The van der Waals surface area contributed by atoms with Crippen LogP contribution in [-0.4, -0.2) is 68.5 Å². The molecule has 16 heteroatoms. The molecule has 2 aliphatic carbocycles. The Morgan fingerprint density at radius 1 is 1.11 bits per heavy atom. The minimum Gasteiger partial charge on any atom is -0.484 e. The van der Waals surface area contributed by atoms with Gasteiger partial charge >= 0.3 is 12.3 Å². The van der Waals surface area contributed by atoms with Crippen molar-refractivity contribution < 1.29 is 50.1 Å². The van der Waals surface area contributed by atoms with E-state index in [1.54, 1.807) is 18.2 Å². The maximum atomic E-state index is 14.1. The Morgan fingerprint density at radius 3 is 2.48 bits per heavy atom. The standard InChI is InChI=1S/C28H25ClF3N3O8S/c29-19-10-17(40-14-28(30,31)32)2-4-22(19)44(38,39)18-11-23(43-25(37)34-26(13-33)5-6-26)35(12-18)24(36)27(7-8-27)16-1-3-20-21(9-16)42-15-41-20/h1-4,9-10,18,23H,5-8,11-12,14-15H2,(H,34,37)/t18-,23+/m1/s1. The maximum absolute atomic E-state index is 14.1. The Morgan fingerprint density at radius 2 is 1.84 bits per heavy atom. The Hall–Kier alpha value is -3.90. The molecule has 0 unspecified atom stereocenters. The van der Waals surface area contributed by atoms with E-state index in [0.29, 0.717) is 42.7 Å². The number of hydrogen-bond acceptors (Lipinski definition) is 9. The number of hydrogen-bond donors (Lipinski definition) is 1. The van der Waals surface area contributed by atoms with E-state index in [-0.39, 0.29) is 35.4 Å². The van der Waals surface area contributed by atoms with E-state index < -0.39 is 57.1 Å². The molecule has 1 N–H and O–H groups in total. The van der Waals surface area contributed by atoms with Crippen molar-refractivity contribution in [2.75, 3.05) is 19.9 Å². The lowest BCUT2D eigenvalue weighted by molar-refractivity contribution is -0.153. The van der Waals surface area contributed by atoms with Crippen molar-refractivity contribution in [3.63, 3.8) is 0 Å². The number of nitrogens with zero attached hydrogens (tertiary/aromatic N) is 2. The van der Waals surface area contributed by atoms with Crippen LogP contribution in [0.5, 0.6) is 17.2 Å². The van der Waals surface area contributed by atoms with Crippen LogP contribution in [0.3, 0.4) is 0 Å². The van der Waals surface area contributed by atoms with E-state index >= 15 is 0 Å². The highest BCUT2D eigenvalue weighted by Gasteiger charge is 2.57. The number of alkyl carbamates (subject to hydrolysis) is 1. The highest BCUT2D eigenvalue weighted by molar-refractivity contribution is 7.92. The highest BCUT2D eigenvalue weighted by Crippen LogP contribution is 2.52. The summed E-state index contributed by atoms with van der Waals surface area (Å²) in [7, 11) is -4.29. The molecule has 2 aliphatic heterocycles. The summed E-state index contributed by atoms with van der Waals surface area (Å²) < 4.78 is 86.2. The molecular formula is C28H25ClF3N3O8S. The van der Waals surface area contributed by atoms with E-state index in [9.17, 15) is 36.4 Å². The third-order valence-electron chi connectivity index (χ3n) is 8.16. The number of alkyl halides is 3. The van der Waals surface area contributed by atoms with Crippen LogP contribution in [0.1, 0.15) is 37.7 Å². The zero-order valence-corrected chi connectivity index (χ0v) is 24.4. The van der Waals surface area contributed by atoms with Gasteiger partial charge in [-0.2, -0.15) is 18.4 Å². The van der Waals surface area contributed by atoms with Gasteiger partial charge in [0.25, 0.3) is 0 Å². The third-order valence-corrected chi connectivity index (χ3v) is 10.8. The predicted octanol–water partition coefficient (Wildman–Crippen LogP) is 4.22. The first-order valence-electron chi connectivity index (χ1n) is 13.6. The van der Waals surface area contributed by atoms with Gasteiger partial charge in [0.15, 0.2) is 34.2 Å². The second-order valence-corrected chi connectivity index (χ2v) is 13.8. The van der Waals surface area contributed by atoms with Gasteiger partial charge in [-0.05, 0) is 55.5 Å². The monoisotopic (exact) mass is 655 g/mol. The fourth-order valence-corrected chi connectivity index (χ4v) is 7.63. The molecule has 2 heterocycles. The lowest BCUT2D eigenvalue weighted by atomic mass is 9.94. The Bertz CT molecular complexity index is 1670. The van der Waals surface area contributed by atoms with Gasteiger partial charge in [-0.1, -0.05) is 17.7 Å². The molecule has 2 saturated carbocycles. The van der Waals surface area contributed by atoms with E-state index in [4.69, 9.17) is 25.8 Å². The molecule has 234 valence electrons. The fourth-order valence-electron chi connectivity index (χ4n) is 5.42. The van der Waals surface area contributed by atoms with Gasteiger partial charge in [-0.25, -0.2) is 13.2 Å². The first-order chi connectivity index (χ1) is 20.8. The Labute approximate surface area is 254 Å². The molecule has 2 amide bonds. The summed E-state index contributed by atoms with van der Waals surface area (Å²) in [5.74, 6) is 0.271. The number of benzene rings is 2. The average molecular weight is 656 g/mol. The van der Waals surface area contributed by atoms with Crippen LogP contribution >= 0.6 is 11.6 Å². The SMILES string of the molecule is N#CC1(NC(=O)O[C@H]2C[C@@H](S(=O)(=O)c3ccc(OCC(F)(F)F)cc3Cl)CN2C(=O)C2(c3ccc4c(c3)OCO4)CC2)CC1. The van der Waals surface area contributed by atoms with Gasteiger partial charge in [0, 0.05) is 19.0 Å². The van der Waals surface area contributed by atoms with Gasteiger partial charge < -0.3 is 29.2 Å². The first kappa shape index (κ1) is 30.1. The minimum absolute atomic E-state index is 0.0403. The lowest BCUT2D eigenvalue weighted by Crippen LogP contribution is -2.46. The zero-order valence-electron chi connectivity index (χ0n) is 22.9. The summed E-state index contributed by atoms with van der Waals surface area (Å²) in [4.78, 5) is 27.7. The van der Waals surface area contributed by atoms with Crippen LogP contribution in [0.2, 0.25) is 5.02 Å². The number of ether oxygens (including phenoxy) is 4. The number of halogens is 4. The Kier molecular flexibility index (Phi) is 7.28. The van der Waals surface area contributed by atoms with E-state index in [2.05, 4.69) is 10.1 Å². The van der Waals surface area contributed by atoms with E-state index in [1.807, 2.05) is 6.07 Å². The van der Waals surface area contributed by atoms with Gasteiger partial charge in [-0.3, -0.25) is 4.79 Å². The van der Waals surface area contributed by atoms with Crippen molar-refractivity contribution in [2.45, 2.75) is 65.6 Å². The number of nitriles is 1. The number of carbonyl (C=O) groups is 2. The quantitative estimate of drug-likeness (QED) is 0.442. The summed E-state index contributed by atoms with van der Waals surface area (Å²) in [5.41, 5.74) is -1.43. The van der Waals surface area contributed by atoms with Crippen molar-refractivity contribution in [3.05, 3.63) is 47.0 Å². The molecule has 0 bridgehead atoms. The number of carbonyl (C=O) groups excluding carboxylic acids is 2. The second-order valence-electron chi connectivity index (χ2n) is 11.2. The summed E-state index contributed by atoms with van der Waals surface area (Å²) in [6, 6.07) is 10.2. The van der Waals surface area contributed by atoms with Crippen LogP contribution in [0.4, 0.5) is 18.0 Å². The molecule has 44 heavy (non-hydrogen) atoms. The van der Waals surface area contributed by atoms with Crippen LogP contribution in [-0.2, 0) is 24.8 Å². The van der Waals surface area contributed by atoms with Crippen LogP contribution in [0.25, 0.3) is 0 Å². The lowest BCUT2D eigenvalue weighted by Gasteiger charge is -2.29. The molecule has 2 aromatic carbocycles. The fraction of sp³-hybridized carbons (Fsp3) is 0.464. The largest absolute Gasteiger partial charge is 0.484 e. The minimum atomic E-state index is -4.61. The molecule has 3 fully saturated rings. The topological polar surface area (TPSA) is 144 Å². The number of fused-ring (bicyclic) bond motifs is 1. The van der Waals surface area contributed by atoms with Crippen molar-refractivity contribution >= 4 is 33.4 Å². The van der Waals surface area contributed by atoms with Crippen LogP contribution in [0.15, 0.2) is 41.3 Å². The smallest absolute Gasteiger partial charge is 0.422 e. The number of rotatable bonds is 8. The van der Waals surface area contributed by atoms with E-state index in [0.717, 1.165) is 18.2 Å². The summed E-state index contributed by atoms with van der Waals surface area (Å²) >= 11 is 6.20. The van der Waals surface area contributed by atoms with Crippen LogP contribution < -0.4 is 19.5 Å². The van der Waals surface area contributed by atoms with Crippen molar-refractivity contribution in [2.24, 2.45) is 0 Å². The molecule has 1 saturated heterocycles. The number of sulfone groups is 1. The van der Waals surface area contributed by atoms with Gasteiger partial charge in [-0.15, -0.1) is 0 Å². The zero-order chi connectivity index (χ0) is 31.5. The van der Waals surface area contributed by atoms with Crippen molar-refractivity contribution in [3.8, 4) is 23.3 Å². The first-order valence-corrected chi connectivity index (χ1v) is 15.5. The highest BCUT2D eigenvalue weighted by atomic mass is 35.5. The number of amides is 2. The van der Waals surface area contributed by atoms with Gasteiger partial charge in [0.1, 0.15) is 11.3 Å². The van der Waals surface area contributed by atoms with Crippen molar-refractivity contribution in [1.82, 2.24) is 10.2 Å². The Balaban J connectivity index is 1.26. The third kappa shape index (κ3) is 5.68. The molecular weight excluding hydrogens is 631 g/mol. The van der Waals surface area contributed by atoms with Gasteiger partial charge in [0.2, 0.25) is 12.7 Å². The maximum Gasteiger partial charge on any atom is 0.422 e. The molecule has 0 radical (unpaired) electrons. The molecule has 11 nitrogen and oxygen atoms in total. The average Bonchev–Trinajstić information content (AvgIpc) is 3.84. The number of nitrogens with one attached hydrogen (secondary N) is 1. The molecule has 0 spiro atoms.